The molecule has 0 aliphatic carbocycles. The Labute approximate surface area is 286 Å². The molecule has 2 aromatic carbocycles. The highest BCUT2D eigenvalue weighted by molar-refractivity contribution is 7.89. The molecule has 3 fully saturated rings. The van der Waals surface area contributed by atoms with E-state index < -0.39 is 10.0 Å². The first-order chi connectivity index (χ1) is 22.5. The zero-order valence-electron chi connectivity index (χ0n) is 28.2. The number of amides is 2. The van der Waals surface area contributed by atoms with E-state index in [0.717, 1.165) is 69.4 Å². The van der Waals surface area contributed by atoms with Crippen LogP contribution in [0.4, 0.5) is 5.69 Å². The minimum Gasteiger partial charge on any atom is -0.381 e. The van der Waals surface area contributed by atoms with E-state index in [0.29, 0.717) is 61.4 Å². The fourth-order valence-electron chi connectivity index (χ4n) is 7.23. The predicted molar refractivity (Wildman–Crippen MR) is 186 cm³/mol. The van der Waals surface area contributed by atoms with E-state index in [-0.39, 0.29) is 23.8 Å². The first-order valence-corrected chi connectivity index (χ1v) is 19.0. The van der Waals surface area contributed by atoms with Crippen molar-refractivity contribution in [3.8, 4) is 0 Å². The third-order valence-corrected chi connectivity index (χ3v) is 12.7. The average molecular weight is 687 g/mol. The van der Waals surface area contributed by atoms with Gasteiger partial charge in [-0.05, 0) is 119 Å². The van der Waals surface area contributed by atoms with Crippen molar-refractivity contribution < 1.29 is 22.7 Å². The van der Waals surface area contributed by atoms with Crippen molar-refractivity contribution >= 4 is 39.1 Å². The average Bonchev–Trinajstić information content (AvgIpc) is 3.09. The van der Waals surface area contributed by atoms with Gasteiger partial charge in [0.25, 0.3) is 0 Å². The van der Waals surface area contributed by atoms with Crippen molar-refractivity contribution in [2.45, 2.75) is 76.2 Å². The number of ether oxygens (including phenoxy) is 1. The third-order valence-electron chi connectivity index (χ3n) is 10.4. The van der Waals surface area contributed by atoms with Gasteiger partial charge in [-0.1, -0.05) is 29.8 Å². The van der Waals surface area contributed by atoms with Gasteiger partial charge in [-0.15, -0.1) is 0 Å². The number of halogens is 1. The molecule has 3 aliphatic rings. The van der Waals surface area contributed by atoms with Gasteiger partial charge in [-0.3, -0.25) is 9.59 Å². The van der Waals surface area contributed by atoms with Crippen LogP contribution in [0, 0.1) is 18.8 Å². The molecule has 3 aliphatic heterocycles. The Hall–Kier alpha value is -2.50. The van der Waals surface area contributed by atoms with E-state index >= 15 is 0 Å². The standard InChI is InChI=1S/C36H51ClN4O5S/c1-27-5-8-32(26-35(27)37)41(36(43)31-13-21-39(22-14-31)28(2)42)18-4-17-38-19-11-30(12-20-38)25-29-6-9-34(10-7-29)47(44,45)40-23-15-33(46-3)16-24-40/h5-10,26,30-31,33H,4,11-25H2,1-3H3. The first kappa shape index (κ1) is 35.8. The van der Waals surface area contributed by atoms with Crippen LogP contribution in [0.3, 0.4) is 0 Å². The molecule has 5 rings (SSSR count). The Balaban J connectivity index is 1.10. The highest BCUT2D eigenvalue weighted by atomic mass is 35.5. The van der Waals surface area contributed by atoms with Crippen molar-refractivity contribution in [2.24, 2.45) is 11.8 Å². The number of piperidine rings is 3. The summed E-state index contributed by atoms with van der Waals surface area (Å²) in [4.78, 5) is 32.2. The Morgan fingerprint density at radius 2 is 1.57 bits per heavy atom. The topological polar surface area (TPSA) is 90.5 Å². The van der Waals surface area contributed by atoms with Crippen LogP contribution in [0.15, 0.2) is 47.4 Å². The maximum absolute atomic E-state index is 13.8. The molecule has 0 atom stereocenters. The molecule has 258 valence electrons. The Morgan fingerprint density at radius 1 is 0.915 bits per heavy atom. The van der Waals surface area contributed by atoms with Gasteiger partial charge in [0.1, 0.15) is 0 Å². The number of likely N-dealkylation sites (tertiary alicyclic amines) is 2. The maximum atomic E-state index is 13.8. The molecule has 0 bridgehead atoms. The Bertz CT molecular complexity index is 1460. The summed E-state index contributed by atoms with van der Waals surface area (Å²) in [6.45, 7) is 9.39. The number of benzene rings is 2. The van der Waals surface area contributed by atoms with Gasteiger partial charge in [-0.25, -0.2) is 8.42 Å². The third kappa shape index (κ3) is 9.15. The number of anilines is 1. The lowest BCUT2D eigenvalue weighted by Gasteiger charge is -2.35. The fraction of sp³-hybridized carbons (Fsp3) is 0.611. The van der Waals surface area contributed by atoms with Gasteiger partial charge in [0, 0.05) is 63.4 Å². The van der Waals surface area contributed by atoms with Crippen LogP contribution >= 0.6 is 11.6 Å². The van der Waals surface area contributed by atoms with Crippen molar-refractivity contribution in [1.82, 2.24) is 14.1 Å². The number of carbonyl (C=O) groups excluding carboxylic acids is 2. The van der Waals surface area contributed by atoms with Gasteiger partial charge >= 0.3 is 0 Å². The lowest BCUT2D eigenvalue weighted by Crippen LogP contribution is -2.45. The monoisotopic (exact) mass is 686 g/mol. The van der Waals surface area contributed by atoms with Crippen LogP contribution in [-0.2, 0) is 30.8 Å². The summed E-state index contributed by atoms with van der Waals surface area (Å²) in [5.41, 5.74) is 3.01. The largest absolute Gasteiger partial charge is 0.381 e. The van der Waals surface area contributed by atoms with Crippen LogP contribution in [-0.4, -0.2) is 99.9 Å². The minimum atomic E-state index is -3.48. The SMILES string of the molecule is COC1CCN(S(=O)(=O)c2ccc(CC3CCN(CCCN(C(=O)C4CCN(C(C)=O)CC4)c4ccc(C)c(Cl)c4)CC3)cc2)CC1. The second-order valence-corrected chi connectivity index (χ2v) is 15.9. The molecule has 0 aromatic heterocycles. The molecule has 9 nitrogen and oxygen atoms in total. The Kier molecular flexibility index (Phi) is 12.4. The molecule has 0 radical (unpaired) electrons. The van der Waals surface area contributed by atoms with Crippen molar-refractivity contribution in [1.29, 1.82) is 0 Å². The number of carbonyl (C=O) groups is 2. The van der Waals surface area contributed by atoms with Crippen molar-refractivity contribution in [2.75, 3.05) is 64.4 Å². The predicted octanol–water partition coefficient (Wildman–Crippen LogP) is 5.38. The van der Waals surface area contributed by atoms with Gasteiger partial charge in [0.2, 0.25) is 21.8 Å². The Morgan fingerprint density at radius 3 is 2.17 bits per heavy atom. The summed E-state index contributed by atoms with van der Waals surface area (Å²) in [5.74, 6) is 0.667. The molecular weight excluding hydrogens is 636 g/mol. The van der Waals surface area contributed by atoms with Gasteiger partial charge in [0.05, 0.1) is 11.0 Å². The molecule has 0 saturated carbocycles. The summed E-state index contributed by atoms with van der Waals surface area (Å²) in [6, 6.07) is 13.4. The van der Waals surface area contributed by atoms with Gasteiger partial charge < -0.3 is 19.4 Å². The number of rotatable bonds is 11. The molecule has 0 N–H and O–H groups in total. The fourth-order valence-corrected chi connectivity index (χ4v) is 8.88. The van der Waals surface area contributed by atoms with Crippen LogP contribution in [0.5, 0.6) is 0 Å². The molecule has 3 saturated heterocycles. The normalized spacial score (nSPS) is 19.6. The zero-order valence-corrected chi connectivity index (χ0v) is 29.8. The number of sulfonamides is 1. The minimum absolute atomic E-state index is 0.0695. The van der Waals surface area contributed by atoms with Crippen LogP contribution < -0.4 is 4.90 Å². The number of hydrogen-bond acceptors (Lipinski definition) is 6. The number of methoxy groups -OCH3 is 1. The van der Waals surface area contributed by atoms with E-state index in [2.05, 4.69) is 4.90 Å². The second kappa shape index (κ2) is 16.3. The molecule has 11 heteroatoms. The summed E-state index contributed by atoms with van der Waals surface area (Å²) < 4.78 is 33.3. The van der Waals surface area contributed by atoms with E-state index in [4.69, 9.17) is 16.3 Å². The quantitative estimate of drug-likeness (QED) is 0.315. The second-order valence-electron chi connectivity index (χ2n) is 13.5. The van der Waals surface area contributed by atoms with Crippen LogP contribution in [0.1, 0.15) is 63.0 Å². The van der Waals surface area contributed by atoms with Crippen LogP contribution in [0.25, 0.3) is 0 Å². The van der Waals surface area contributed by atoms with E-state index in [1.165, 1.54) is 5.56 Å². The highest BCUT2D eigenvalue weighted by Crippen LogP contribution is 2.29. The maximum Gasteiger partial charge on any atom is 0.243 e. The summed E-state index contributed by atoms with van der Waals surface area (Å²) in [7, 11) is -1.80. The van der Waals surface area contributed by atoms with Crippen molar-refractivity contribution in [3.05, 3.63) is 58.6 Å². The number of aryl methyl sites for hydroxylation is 1. The van der Waals surface area contributed by atoms with Gasteiger partial charge in [0.15, 0.2) is 0 Å². The molecule has 47 heavy (non-hydrogen) atoms. The summed E-state index contributed by atoms with van der Waals surface area (Å²) >= 11 is 6.48. The zero-order chi connectivity index (χ0) is 33.6. The van der Waals surface area contributed by atoms with E-state index in [1.807, 2.05) is 47.1 Å². The molecule has 2 aromatic rings. The smallest absolute Gasteiger partial charge is 0.243 e. The molecule has 0 unspecified atom stereocenters. The first-order valence-electron chi connectivity index (χ1n) is 17.2. The number of nitrogens with zero attached hydrogens (tertiary/aromatic N) is 4. The molecule has 3 heterocycles. The van der Waals surface area contributed by atoms with Crippen molar-refractivity contribution in [3.63, 3.8) is 0 Å². The summed E-state index contributed by atoms with van der Waals surface area (Å²) in [5, 5.41) is 0.660. The molecule has 2 amide bonds. The van der Waals surface area contributed by atoms with E-state index in [1.54, 1.807) is 30.5 Å². The number of hydrogen-bond donors (Lipinski definition) is 0. The summed E-state index contributed by atoms with van der Waals surface area (Å²) in [6.07, 6.45) is 6.99. The molecule has 0 spiro atoms. The van der Waals surface area contributed by atoms with E-state index in [9.17, 15) is 18.0 Å². The molecular formula is C36H51ClN4O5S. The lowest BCUT2D eigenvalue weighted by atomic mass is 9.90. The highest BCUT2D eigenvalue weighted by Gasteiger charge is 2.31. The van der Waals surface area contributed by atoms with Crippen LogP contribution in [0.2, 0.25) is 5.02 Å². The van der Waals surface area contributed by atoms with Gasteiger partial charge in [-0.2, -0.15) is 4.31 Å². The lowest BCUT2D eigenvalue weighted by molar-refractivity contribution is -0.133.